The molecule has 13 heavy (non-hydrogen) atoms. The monoisotopic (exact) mass is 304 g/mol. The maximum absolute atomic E-state index is 4.98. The van der Waals surface area contributed by atoms with Crippen LogP contribution in [0.5, 0.6) is 0 Å². The molecule has 0 aromatic carbocycles. The second-order valence-corrected chi connectivity index (χ2v) is 20.0. The van der Waals surface area contributed by atoms with Crippen LogP contribution in [0.3, 0.4) is 0 Å². The van der Waals surface area contributed by atoms with Crippen LogP contribution in [0, 0.1) is 5.92 Å². The molecule has 0 aromatic heterocycles. The molecule has 0 amide bonds. The van der Waals surface area contributed by atoms with E-state index in [0.29, 0.717) is 0 Å². The van der Waals surface area contributed by atoms with Gasteiger partial charge in [-0.25, -0.2) is 0 Å². The van der Waals surface area contributed by atoms with Gasteiger partial charge in [-0.05, 0) is 5.92 Å². The van der Waals surface area contributed by atoms with Gasteiger partial charge in [0.2, 0.25) is 0 Å². The summed E-state index contributed by atoms with van der Waals surface area (Å²) in [5.41, 5.74) is 0. The Morgan fingerprint density at radius 2 is 1.15 bits per heavy atom. The first-order valence-electron chi connectivity index (χ1n) is 4.24. The third-order valence-corrected chi connectivity index (χ3v) is 1.89. The van der Waals surface area contributed by atoms with Crippen LogP contribution >= 0.6 is 59.6 Å². The summed E-state index contributed by atoms with van der Waals surface area (Å²) in [7, 11) is 0. The summed E-state index contributed by atoms with van der Waals surface area (Å²) in [5.74, 6) is 1.04. The van der Waals surface area contributed by atoms with Crippen molar-refractivity contribution in [3.63, 3.8) is 0 Å². The Kier molecular flexibility index (Phi) is 6.67. The summed E-state index contributed by atoms with van der Waals surface area (Å²) < 4.78 is -3.69. The van der Waals surface area contributed by atoms with Gasteiger partial charge in [0, 0.05) is 0 Å². The van der Waals surface area contributed by atoms with Gasteiger partial charge in [0.25, 0.3) is 0 Å². The molecule has 0 radical (unpaired) electrons. The third kappa shape index (κ3) is 20.1. The van der Waals surface area contributed by atoms with Crippen LogP contribution in [0.2, 0.25) is 0 Å². The summed E-state index contributed by atoms with van der Waals surface area (Å²) in [5, 5.41) is 0. The molecule has 0 nitrogen and oxygen atoms in total. The zero-order valence-corrected chi connectivity index (χ0v) is 12.1. The predicted octanol–water partition coefficient (Wildman–Crippen LogP) is 6.90. The Labute approximate surface area is 104 Å². The van der Waals surface area contributed by atoms with Crippen LogP contribution in [0.4, 0.5) is 0 Å². The van der Waals surface area contributed by atoms with E-state index >= 15 is 0 Å². The van der Waals surface area contributed by atoms with Crippen LogP contribution in [0.1, 0.15) is 39.0 Å². The summed E-state index contributed by atoms with van der Waals surface area (Å²) in [6.45, 7) is 2.36. The van der Waals surface area contributed by atoms with Gasteiger partial charge in [-0.2, -0.15) is 0 Å². The third-order valence-electron chi connectivity index (χ3n) is 1.89. The van der Waals surface area contributed by atoms with Crippen molar-refractivity contribution in [3.8, 4) is 0 Å². The van der Waals surface area contributed by atoms with Crippen molar-refractivity contribution in [1.82, 2.24) is 0 Å². The van der Waals surface area contributed by atoms with Gasteiger partial charge in [0.1, 0.15) is 0 Å². The van der Waals surface area contributed by atoms with E-state index in [0.717, 1.165) is 5.92 Å². The van der Waals surface area contributed by atoms with E-state index in [-0.39, 0.29) is 0 Å². The first kappa shape index (κ1) is 14.9. The predicted molar refractivity (Wildman–Crippen MR) is 68.4 cm³/mol. The van der Waals surface area contributed by atoms with Crippen molar-refractivity contribution >= 4 is 59.6 Å². The molecular formula is C7H14Cl5P. The summed E-state index contributed by atoms with van der Waals surface area (Å²) in [6.07, 6.45) is 7.44. The standard InChI is InChI=1S/C7H14.Cl5P/c1-7-5-3-2-4-6-7;1-6(2,3,4)5/h7H,2-6H2,1H3;. The topological polar surface area (TPSA) is 0 Å². The second-order valence-electron chi connectivity index (χ2n) is 3.38. The minimum absolute atomic E-state index is 1.04. The number of hydrogen-bond acceptors (Lipinski definition) is 0. The molecule has 0 aliphatic heterocycles. The molecule has 1 fully saturated rings. The Balaban J connectivity index is 0.000000226. The van der Waals surface area contributed by atoms with Crippen LogP contribution in [-0.4, -0.2) is 0 Å². The molecule has 0 spiro atoms. The molecule has 0 saturated heterocycles. The first-order valence-corrected chi connectivity index (χ1v) is 11.0. The van der Waals surface area contributed by atoms with E-state index in [1.54, 1.807) is 0 Å². The van der Waals surface area contributed by atoms with Gasteiger partial charge in [-0.15, -0.1) is 0 Å². The fraction of sp³-hybridized carbons (Fsp3) is 1.00. The number of rotatable bonds is 0. The van der Waals surface area contributed by atoms with Gasteiger partial charge in [-0.1, -0.05) is 39.0 Å². The fourth-order valence-corrected chi connectivity index (χ4v) is 1.31. The van der Waals surface area contributed by atoms with E-state index in [1.165, 1.54) is 32.1 Å². The maximum atomic E-state index is 4.98. The Morgan fingerprint density at radius 1 is 0.846 bits per heavy atom. The zero-order chi connectivity index (χ0) is 10.6. The van der Waals surface area contributed by atoms with Crippen molar-refractivity contribution in [2.24, 2.45) is 5.92 Å². The molecule has 82 valence electrons. The Hall–Kier alpha value is 1.88. The van der Waals surface area contributed by atoms with Crippen molar-refractivity contribution in [3.05, 3.63) is 0 Å². The van der Waals surface area contributed by atoms with Crippen molar-refractivity contribution in [2.75, 3.05) is 0 Å². The molecule has 0 aromatic rings. The van der Waals surface area contributed by atoms with Crippen molar-refractivity contribution in [1.29, 1.82) is 0 Å². The van der Waals surface area contributed by atoms with Crippen LogP contribution in [0.25, 0.3) is 0 Å². The summed E-state index contributed by atoms with van der Waals surface area (Å²) in [6, 6.07) is 0. The van der Waals surface area contributed by atoms with E-state index < -0.39 is 3.37 Å². The average molecular weight is 306 g/mol. The van der Waals surface area contributed by atoms with Gasteiger partial charge in [0.15, 0.2) is 0 Å². The van der Waals surface area contributed by atoms with Gasteiger partial charge in [0.05, 0.1) is 0 Å². The first-order chi connectivity index (χ1) is 5.63. The molecule has 1 aliphatic carbocycles. The second kappa shape index (κ2) is 5.83. The molecule has 6 heteroatoms. The molecule has 0 N–H and O–H groups in total. The van der Waals surface area contributed by atoms with Crippen LogP contribution in [-0.2, 0) is 0 Å². The Bertz CT molecular complexity index is 128. The molecular weight excluding hydrogens is 292 g/mol. The quantitative estimate of drug-likeness (QED) is 0.427. The molecule has 0 bridgehead atoms. The average Bonchev–Trinajstić information content (AvgIpc) is 1.83. The van der Waals surface area contributed by atoms with Crippen LogP contribution in [0.15, 0.2) is 0 Å². The molecule has 0 heterocycles. The van der Waals surface area contributed by atoms with E-state index in [2.05, 4.69) is 6.92 Å². The molecule has 0 atom stereocenters. The zero-order valence-electron chi connectivity index (χ0n) is 7.45. The van der Waals surface area contributed by atoms with E-state index in [9.17, 15) is 0 Å². The van der Waals surface area contributed by atoms with Crippen LogP contribution < -0.4 is 0 Å². The van der Waals surface area contributed by atoms with Crippen molar-refractivity contribution in [2.45, 2.75) is 39.0 Å². The van der Waals surface area contributed by atoms with Gasteiger partial charge >= 0.3 is 59.6 Å². The SMILES string of the molecule is CC1CCCCC1.ClP(Cl)(Cl)(Cl)Cl. The molecule has 1 saturated carbocycles. The number of hydrogen-bond donors (Lipinski definition) is 0. The summed E-state index contributed by atoms with van der Waals surface area (Å²) in [4.78, 5) is 0. The minimum atomic E-state index is -3.69. The normalized spacial score (nSPS) is 22.5. The summed E-state index contributed by atoms with van der Waals surface area (Å²) >= 11 is 24.9. The molecule has 0 unspecified atom stereocenters. The molecule has 1 rings (SSSR count). The molecule has 1 aliphatic rings. The Morgan fingerprint density at radius 3 is 1.31 bits per heavy atom. The van der Waals surface area contributed by atoms with Gasteiger partial charge in [-0.3, -0.25) is 0 Å². The van der Waals surface area contributed by atoms with E-state index in [4.69, 9.17) is 56.2 Å². The fourth-order valence-electron chi connectivity index (χ4n) is 1.31. The number of halogens is 5. The van der Waals surface area contributed by atoms with Crippen molar-refractivity contribution < 1.29 is 0 Å². The van der Waals surface area contributed by atoms with Gasteiger partial charge < -0.3 is 0 Å². The van der Waals surface area contributed by atoms with E-state index in [1.807, 2.05) is 0 Å².